The topological polar surface area (TPSA) is 66.5 Å². The maximum Gasteiger partial charge on any atom is 0.410 e. The Kier molecular flexibility index (Phi) is 11.5. The molecule has 50 heavy (non-hydrogen) atoms. The molecule has 0 bridgehead atoms. The first-order chi connectivity index (χ1) is 24.1. The highest BCUT2D eigenvalue weighted by Crippen LogP contribution is 2.41. The lowest BCUT2D eigenvalue weighted by Gasteiger charge is -2.40. The maximum atomic E-state index is 12.1. The molecule has 0 unspecified atom stereocenters. The van der Waals surface area contributed by atoms with Crippen LogP contribution in [0.3, 0.4) is 0 Å². The Hall–Kier alpha value is -3.92. The molecule has 7 rings (SSSR count). The summed E-state index contributed by atoms with van der Waals surface area (Å²) in [6, 6.07) is 29.5. The molecule has 8 heteroatoms. The fourth-order valence-corrected chi connectivity index (χ4v) is 6.37. The second-order valence-electron chi connectivity index (χ2n) is 14.4. The molecule has 2 aliphatic carbocycles. The summed E-state index contributed by atoms with van der Waals surface area (Å²) in [7, 11) is 3.33. The zero-order valence-corrected chi connectivity index (χ0v) is 31.9. The minimum Gasteiger partial charge on any atom is -0.493 e. The van der Waals surface area contributed by atoms with Gasteiger partial charge in [-0.25, -0.2) is 4.79 Å². The molecule has 264 valence electrons. The highest BCUT2D eigenvalue weighted by molar-refractivity contribution is 14.1. The molecule has 0 aromatic heterocycles. The number of likely N-dealkylation sites (tertiary alicyclic amines) is 1. The summed E-state index contributed by atoms with van der Waals surface area (Å²) in [6.45, 7) is 8.04. The molecule has 1 aliphatic heterocycles. The predicted molar refractivity (Wildman–Crippen MR) is 205 cm³/mol. The fraction of sp³-hybridized carbons (Fsp3) is 0.405. The van der Waals surface area contributed by atoms with E-state index in [4.69, 9.17) is 23.7 Å². The van der Waals surface area contributed by atoms with Crippen LogP contribution in [0.1, 0.15) is 92.0 Å². The van der Waals surface area contributed by atoms with E-state index in [1.807, 2.05) is 51.1 Å². The molecule has 0 radical (unpaired) electrons. The number of amides is 1. The zero-order chi connectivity index (χ0) is 35.3. The van der Waals surface area contributed by atoms with Crippen molar-refractivity contribution >= 4 is 28.7 Å². The monoisotopic (exact) mass is 789 g/mol. The molecule has 0 N–H and O–H groups in total. The van der Waals surface area contributed by atoms with Crippen LogP contribution in [-0.2, 0) is 18.0 Å². The molecule has 1 amide bonds. The van der Waals surface area contributed by atoms with Crippen molar-refractivity contribution in [1.82, 2.24) is 4.90 Å². The Morgan fingerprint density at radius 2 is 1.10 bits per heavy atom. The average molecular weight is 790 g/mol. The lowest BCUT2D eigenvalue weighted by molar-refractivity contribution is 0.00817. The van der Waals surface area contributed by atoms with Crippen molar-refractivity contribution in [2.45, 2.75) is 83.0 Å². The number of methoxy groups -OCH3 is 2. The average Bonchev–Trinajstić information content (AvgIpc) is 4.01. The van der Waals surface area contributed by atoms with Gasteiger partial charge in [-0.2, -0.15) is 0 Å². The van der Waals surface area contributed by atoms with E-state index >= 15 is 0 Å². The van der Waals surface area contributed by atoms with Crippen LogP contribution >= 0.6 is 22.6 Å². The first kappa shape index (κ1) is 35.9. The second kappa shape index (κ2) is 16.0. The third kappa shape index (κ3) is 9.86. The summed E-state index contributed by atoms with van der Waals surface area (Å²) in [5.74, 6) is 4.89. The van der Waals surface area contributed by atoms with Gasteiger partial charge in [-0.3, -0.25) is 0 Å². The van der Waals surface area contributed by atoms with Gasteiger partial charge in [-0.05, 0) is 139 Å². The number of hydrogen-bond acceptors (Lipinski definition) is 6. The Bertz CT molecular complexity index is 1740. The standard InChI is InChI=1S/C25H31NO4.C17H17IO2/c1-25(2,3)30-24(27)26-14-21(15-26)20-11-12-22(23(13-20)28-4)29-16-17-5-7-18(8-6-17)19-9-10-19;1-19-17-10-15(18)8-9-16(17)20-11-12-2-4-13(5-3-12)14-6-7-14/h5-8,11-13,19,21H,9-10,14-16H2,1-4H3;2-5,8-10,14H,6-7,11H2,1H3. The van der Waals surface area contributed by atoms with Crippen LogP contribution in [-0.4, -0.2) is 43.9 Å². The largest absolute Gasteiger partial charge is 0.493 e. The van der Waals surface area contributed by atoms with Crippen molar-refractivity contribution in [3.8, 4) is 23.0 Å². The summed E-state index contributed by atoms with van der Waals surface area (Å²) >= 11 is 2.27. The normalized spacial score (nSPS) is 15.7. The summed E-state index contributed by atoms with van der Waals surface area (Å²) < 4.78 is 29.4. The van der Waals surface area contributed by atoms with Crippen LogP contribution in [0.15, 0.2) is 84.9 Å². The first-order valence-corrected chi connectivity index (χ1v) is 18.6. The highest BCUT2D eigenvalue weighted by atomic mass is 127. The summed E-state index contributed by atoms with van der Waals surface area (Å²) in [4.78, 5) is 13.9. The predicted octanol–water partition coefficient (Wildman–Crippen LogP) is 10.2. The van der Waals surface area contributed by atoms with Gasteiger partial charge in [0.15, 0.2) is 23.0 Å². The van der Waals surface area contributed by atoms with Crippen molar-refractivity contribution in [2.75, 3.05) is 27.3 Å². The van der Waals surface area contributed by atoms with Gasteiger partial charge in [0, 0.05) is 22.6 Å². The molecule has 0 spiro atoms. The zero-order valence-electron chi connectivity index (χ0n) is 29.7. The number of nitrogens with zero attached hydrogens (tertiary/aromatic N) is 1. The van der Waals surface area contributed by atoms with Crippen LogP contribution < -0.4 is 18.9 Å². The molecule has 3 fully saturated rings. The molecular weight excluding hydrogens is 741 g/mol. The highest BCUT2D eigenvalue weighted by Gasteiger charge is 2.35. The van der Waals surface area contributed by atoms with Gasteiger partial charge in [0.1, 0.15) is 18.8 Å². The summed E-state index contributed by atoms with van der Waals surface area (Å²) in [5, 5.41) is 0. The SMILES string of the molecule is COc1cc(C2CN(C(=O)OC(C)(C)C)C2)ccc1OCc1ccc(C2CC2)cc1.COc1cc(I)ccc1OCc1ccc(C2CC2)cc1. The number of benzene rings is 4. The lowest BCUT2D eigenvalue weighted by atomic mass is 9.91. The van der Waals surface area contributed by atoms with Gasteiger partial charge in [-0.15, -0.1) is 0 Å². The fourth-order valence-electron chi connectivity index (χ4n) is 5.91. The van der Waals surface area contributed by atoms with Crippen molar-refractivity contribution in [2.24, 2.45) is 0 Å². The van der Waals surface area contributed by atoms with E-state index in [0.29, 0.717) is 26.3 Å². The number of carbonyl (C=O) groups is 1. The summed E-state index contributed by atoms with van der Waals surface area (Å²) in [5.41, 5.74) is 5.91. The molecule has 3 aliphatic rings. The molecule has 1 saturated heterocycles. The van der Waals surface area contributed by atoms with Crippen molar-refractivity contribution in [1.29, 1.82) is 0 Å². The van der Waals surface area contributed by atoms with E-state index in [-0.39, 0.29) is 12.0 Å². The van der Waals surface area contributed by atoms with Crippen molar-refractivity contribution in [3.05, 3.63) is 116 Å². The Balaban J connectivity index is 0.000000187. The number of halogens is 1. The van der Waals surface area contributed by atoms with E-state index in [9.17, 15) is 4.79 Å². The third-order valence-electron chi connectivity index (χ3n) is 9.16. The molecule has 1 heterocycles. The van der Waals surface area contributed by atoms with Crippen LogP contribution in [0.4, 0.5) is 4.79 Å². The molecular formula is C42H48INO6. The van der Waals surface area contributed by atoms with Crippen molar-refractivity contribution in [3.63, 3.8) is 0 Å². The van der Waals surface area contributed by atoms with Gasteiger partial charge in [0.2, 0.25) is 0 Å². The molecule has 4 aromatic rings. The van der Waals surface area contributed by atoms with E-state index in [0.717, 1.165) is 49.5 Å². The minimum absolute atomic E-state index is 0.252. The maximum absolute atomic E-state index is 12.1. The van der Waals surface area contributed by atoms with Crippen LogP contribution in [0.5, 0.6) is 23.0 Å². The molecule has 7 nitrogen and oxygen atoms in total. The van der Waals surface area contributed by atoms with Crippen LogP contribution in [0.2, 0.25) is 0 Å². The van der Waals surface area contributed by atoms with Gasteiger partial charge in [-0.1, -0.05) is 54.6 Å². The van der Waals surface area contributed by atoms with Crippen molar-refractivity contribution < 1.29 is 28.5 Å². The number of ether oxygens (including phenoxy) is 5. The number of carbonyl (C=O) groups excluding carboxylic acids is 1. The number of rotatable bonds is 11. The second-order valence-corrected chi connectivity index (χ2v) is 15.6. The lowest BCUT2D eigenvalue weighted by Crippen LogP contribution is -2.50. The quantitative estimate of drug-likeness (QED) is 0.141. The van der Waals surface area contributed by atoms with E-state index < -0.39 is 5.60 Å². The van der Waals surface area contributed by atoms with Gasteiger partial charge in [0.25, 0.3) is 0 Å². The van der Waals surface area contributed by atoms with Gasteiger partial charge >= 0.3 is 6.09 Å². The Morgan fingerprint density at radius 3 is 1.56 bits per heavy atom. The van der Waals surface area contributed by atoms with E-state index in [2.05, 4.69) is 77.2 Å². The minimum atomic E-state index is -0.470. The Morgan fingerprint density at radius 1 is 0.640 bits per heavy atom. The first-order valence-electron chi connectivity index (χ1n) is 17.5. The molecule has 2 saturated carbocycles. The smallest absolute Gasteiger partial charge is 0.410 e. The van der Waals surface area contributed by atoms with Crippen LogP contribution in [0.25, 0.3) is 0 Å². The third-order valence-corrected chi connectivity index (χ3v) is 9.83. The molecule has 0 atom stereocenters. The number of hydrogen-bond donors (Lipinski definition) is 0. The van der Waals surface area contributed by atoms with E-state index in [1.54, 1.807) is 19.1 Å². The van der Waals surface area contributed by atoms with Crippen LogP contribution in [0, 0.1) is 3.57 Å². The van der Waals surface area contributed by atoms with Gasteiger partial charge < -0.3 is 28.6 Å². The summed E-state index contributed by atoms with van der Waals surface area (Å²) in [6.07, 6.45) is 5.07. The molecule has 4 aromatic carbocycles. The van der Waals surface area contributed by atoms with Gasteiger partial charge in [0.05, 0.1) is 14.2 Å². The Labute approximate surface area is 310 Å². The van der Waals surface area contributed by atoms with E-state index in [1.165, 1.54) is 42.4 Å².